The quantitative estimate of drug-likeness (QED) is 0.761. The molecule has 2 rings (SSSR count). The number of nitrogen functional groups attached to an aromatic ring is 1. The van der Waals surface area contributed by atoms with Crippen molar-refractivity contribution in [2.45, 2.75) is 46.4 Å². The summed E-state index contributed by atoms with van der Waals surface area (Å²) in [5.74, 6) is 0.792. The van der Waals surface area contributed by atoms with Crippen LogP contribution in [0.25, 0.3) is 11.2 Å². The van der Waals surface area contributed by atoms with Crippen LogP contribution in [0.4, 0.5) is 5.95 Å². The minimum atomic E-state index is -0.303. The van der Waals surface area contributed by atoms with E-state index in [1.807, 2.05) is 13.8 Å². The SMILES string of the molecule is CCOc1nc(N)nc2c1ncn2C(C)OC(CCO)C(C)C. The van der Waals surface area contributed by atoms with Gasteiger partial charge in [0.2, 0.25) is 11.8 Å². The fourth-order valence-corrected chi connectivity index (χ4v) is 2.41. The fraction of sp³-hybridized carbons (Fsp3) is 0.667. The summed E-state index contributed by atoms with van der Waals surface area (Å²) in [4.78, 5) is 12.7. The Labute approximate surface area is 135 Å². The molecule has 8 nitrogen and oxygen atoms in total. The molecule has 2 atom stereocenters. The molecule has 0 saturated carbocycles. The molecule has 8 heteroatoms. The summed E-state index contributed by atoms with van der Waals surface area (Å²) in [7, 11) is 0. The first-order valence-electron chi connectivity index (χ1n) is 7.87. The van der Waals surface area contributed by atoms with E-state index in [4.69, 9.17) is 15.2 Å². The number of aliphatic hydroxyl groups excluding tert-OH is 1. The molecule has 3 N–H and O–H groups in total. The van der Waals surface area contributed by atoms with Gasteiger partial charge in [-0.05, 0) is 26.2 Å². The van der Waals surface area contributed by atoms with Crippen molar-refractivity contribution in [1.82, 2.24) is 19.5 Å². The summed E-state index contributed by atoms with van der Waals surface area (Å²) in [6.07, 6.45) is 1.86. The number of hydrogen-bond acceptors (Lipinski definition) is 7. The number of hydrogen-bond donors (Lipinski definition) is 2. The third-order valence-corrected chi connectivity index (χ3v) is 3.61. The van der Waals surface area contributed by atoms with Gasteiger partial charge in [0.25, 0.3) is 0 Å². The monoisotopic (exact) mass is 323 g/mol. The van der Waals surface area contributed by atoms with Crippen LogP contribution < -0.4 is 10.5 Å². The number of ether oxygens (including phenoxy) is 2. The van der Waals surface area contributed by atoms with Crippen LogP contribution in [0.5, 0.6) is 5.88 Å². The fourth-order valence-electron chi connectivity index (χ4n) is 2.41. The van der Waals surface area contributed by atoms with Gasteiger partial charge in [-0.15, -0.1) is 0 Å². The molecule has 0 saturated heterocycles. The Bertz CT molecular complexity index is 643. The first-order chi connectivity index (χ1) is 11.0. The number of nitrogens with two attached hydrogens (primary N) is 1. The molecule has 0 aliphatic carbocycles. The van der Waals surface area contributed by atoms with Crippen LogP contribution in [-0.2, 0) is 4.74 Å². The summed E-state index contributed by atoms with van der Waals surface area (Å²) < 4.78 is 13.3. The summed E-state index contributed by atoms with van der Waals surface area (Å²) in [5.41, 5.74) is 6.89. The molecule has 0 amide bonds. The molecule has 23 heavy (non-hydrogen) atoms. The van der Waals surface area contributed by atoms with Gasteiger partial charge in [-0.3, -0.25) is 4.57 Å². The molecule has 0 aliphatic rings. The number of aromatic nitrogens is 4. The highest BCUT2D eigenvalue weighted by molar-refractivity contribution is 5.77. The lowest BCUT2D eigenvalue weighted by Crippen LogP contribution is -2.25. The zero-order chi connectivity index (χ0) is 17.0. The van der Waals surface area contributed by atoms with Gasteiger partial charge in [-0.25, -0.2) is 4.98 Å². The van der Waals surface area contributed by atoms with Crippen molar-refractivity contribution >= 4 is 17.1 Å². The maximum absolute atomic E-state index is 9.18. The third-order valence-electron chi connectivity index (χ3n) is 3.61. The van der Waals surface area contributed by atoms with E-state index in [9.17, 15) is 5.11 Å². The molecule has 0 radical (unpaired) electrons. The number of fused-ring (bicyclic) bond motifs is 1. The Morgan fingerprint density at radius 2 is 2.04 bits per heavy atom. The number of imidazole rings is 1. The minimum Gasteiger partial charge on any atom is -0.476 e. The van der Waals surface area contributed by atoms with Crippen molar-refractivity contribution in [2.75, 3.05) is 18.9 Å². The van der Waals surface area contributed by atoms with Crippen LogP contribution in [0, 0.1) is 5.92 Å². The van der Waals surface area contributed by atoms with Gasteiger partial charge >= 0.3 is 0 Å². The number of rotatable bonds is 8. The van der Waals surface area contributed by atoms with E-state index in [0.29, 0.717) is 30.1 Å². The van der Waals surface area contributed by atoms with E-state index in [-0.39, 0.29) is 30.8 Å². The molecule has 128 valence electrons. The van der Waals surface area contributed by atoms with Crippen LogP contribution in [0.15, 0.2) is 6.33 Å². The van der Waals surface area contributed by atoms with Crippen LogP contribution in [0.1, 0.15) is 40.3 Å². The van der Waals surface area contributed by atoms with Crippen LogP contribution in [0.2, 0.25) is 0 Å². The van der Waals surface area contributed by atoms with Crippen molar-refractivity contribution in [2.24, 2.45) is 5.92 Å². The molecule has 2 aromatic rings. The van der Waals surface area contributed by atoms with Gasteiger partial charge < -0.3 is 20.3 Å². The second kappa shape index (κ2) is 7.56. The smallest absolute Gasteiger partial charge is 0.247 e. The zero-order valence-corrected chi connectivity index (χ0v) is 14.1. The Morgan fingerprint density at radius 3 is 2.65 bits per heavy atom. The van der Waals surface area contributed by atoms with Gasteiger partial charge in [0, 0.05) is 6.61 Å². The highest BCUT2D eigenvalue weighted by atomic mass is 16.5. The van der Waals surface area contributed by atoms with Crippen molar-refractivity contribution in [3.8, 4) is 5.88 Å². The molecule has 0 bridgehead atoms. The maximum atomic E-state index is 9.18. The van der Waals surface area contributed by atoms with Crippen molar-refractivity contribution in [3.05, 3.63) is 6.33 Å². The second-order valence-corrected chi connectivity index (χ2v) is 5.67. The van der Waals surface area contributed by atoms with Crippen molar-refractivity contribution < 1.29 is 14.6 Å². The Kier molecular flexibility index (Phi) is 5.73. The van der Waals surface area contributed by atoms with E-state index in [0.717, 1.165) is 0 Å². The summed E-state index contributed by atoms with van der Waals surface area (Å²) in [6, 6.07) is 0. The van der Waals surface area contributed by atoms with E-state index < -0.39 is 0 Å². The summed E-state index contributed by atoms with van der Waals surface area (Å²) in [5, 5.41) is 9.18. The third kappa shape index (κ3) is 3.89. The lowest BCUT2D eigenvalue weighted by Gasteiger charge is -2.25. The molecule has 2 unspecified atom stereocenters. The Morgan fingerprint density at radius 1 is 1.30 bits per heavy atom. The van der Waals surface area contributed by atoms with Crippen molar-refractivity contribution in [3.63, 3.8) is 0 Å². The topological polar surface area (TPSA) is 108 Å². The highest BCUT2D eigenvalue weighted by Gasteiger charge is 2.21. The predicted molar refractivity (Wildman–Crippen MR) is 87.0 cm³/mol. The molecule has 0 fully saturated rings. The average molecular weight is 323 g/mol. The Balaban J connectivity index is 2.32. The van der Waals surface area contributed by atoms with Gasteiger partial charge in [0.1, 0.15) is 6.23 Å². The van der Waals surface area contributed by atoms with Crippen LogP contribution in [-0.4, -0.2) is 43.9 Å². The van der Waals surface area contributed by atoms with E-state index in [1.165, 1.54) is 0 Å². The maximum Gasteiger partial charge on any atom is 0.247 e. The molecule has 2 aromatic heterocycles. The standard InChI is InChI=1S/C15H25N5O3/c1-5-22-14-12-13(18-15(16)19-14)20(8-17-12)10(4)23-11(6-7-21)9(2)3/h8-11,21H,5-7H2,1-4H3,(H2,16,18,19). The van der Waals surface area contributed by atoms with E-state index in [2.05, 4.69) is 28.8 Å². The predicted octanol–water partition coefficient (Wildman–Crippen LogP) is 1.75. The van der Waals surface area contributed by atoms with Gasteiger partial charge in [0.15, 0.2) is 11.2 Å². The lowest BCUT2D eigenvalue weighted by molar-refractivity contribution is -0.0704. The molecule has 0 aromatic carbocycles. The first-order valence-corrected chi connectivity index (χ1v) is 7.87. The molecule has 0 aliphatic heterocycles. The zero-order valence-electron chi connectivity index (χ0n) is 14.1. The Hall–Kier alpha value is -1.93. The number of anilines is 1. The summed E-state index contributed by atoms with van der Waals surface area (Å²) in [6.45, 7) is 8.46. The van der Waals surface area contributed by atoms with E-state index >= 15 is 0 Å². The van der Waals surface area contributed by atoms with E-state index in [1.54, 1.807) is 10.9 Å². The van der Waals surface area contributed by atoms with Gasteiger partial charge in [-0.1, -0.05) is 13.8 Å². The molecule has 2 heterocycles. The van der Waals surface area contributed by atoms with Crippen LogP contribution >= 0.6 is 0 Å². The van der Waals surface area contributed by atoms with Gasteiger partial charge in [0.05, 0.1) is 19.0 Å². The summed E-state index contributed by atoms with van der Waals surface area (Å²) >= 11 is 0. The molecule has 0 spiro atoms. The lowest BCUT2D eigenvalue weighted by atomic mass is 10.0. The second-order valence-electron chi connectivity index (χ2n) is 5.67. The number of aliphatic hydroxyl groups is 1. The minimum absolute atomic E-state index is 0.0574. The average Bonchev–Trinajstić information content (AvgIpc) is 2.90. The van der Waals surface area contributed by atoms with Crippen molar-refractivity contribution in [1.29, 1.82) is 0 Å². The number of nitrogens with zero attached hydrogens (tertiary/aromatic N) is 4. The largest absolute Gasteiger partial charge is 0.476 e. The van der Waals surface area contributed by atoms with Gasteiger partial charge in [-0.2, -0.15) is 9.97 Å². The highest BCUT2D eigenvalue weighted by Crippen LogP contribution is 2.26. The van der Waals surface area contributed by atoms with Crippen LogP contribution in [0.3, 0.4) is 0 Å². The first kappa shape index (κ1) is 17.4. The molecular weight excluding hydrogens is 298 g/mol. The normalized spacial score (nSPS) is 14.3. The molecular formula is C15H25N5O3.